The van der Waals surface area contributed by atoms with Crippen molar-refractivity contribution in [3.05, 3.63) is 30.5 Å². The maximum absolute atomic E-state index is 12.0. The summed E-state index contributed by atoms with van der Waals surface area (Å²) in [5, 5.41) is 7.31. The number of nitrogens with one attached hydrogen (secondary N) is 1. The molecule has 0 bridgehead atoms. The van der Waals surface area contributed by atoms with E-state index in [-0.39, 0.29) is 24.8 Å². The molecule has 2 heterocycles. The minimum absolute atomic E-state index is 0.0332. The van der Waals surface area contributed by atoms with Crippen molar-refractivity contribution < 1.29 is 23.7 Å². The summed E-state index contributed by atoms with van der Waals surface area (Å²) in [5.74, 6) is 1.37. The third-order valence-corrected chi connectivity index (χ3v) is 5.57. The van der Waals surface area contributed by atoms with Crippen molar-refractivity contribution >= 4 is 6.09 Å². The van der Waals surface area contributed by atoms with Gasteiger partial charge in [0.15, 0.2) is 11.5 Å². The van der Waals surface area contributed by atoms with E-state index in [1.54, 1.807) is 13.3 Å². The Balaban J connectivity index is 1.38. The monoisotopic (exact) mass is 415 g/mol. The van der Waals surface area contributed by atoms with Crippen LogP contribution < -0.4 is 14.8 Å². The Morgan fingerprint density at radius 1 is 1.23 bits per heavy atom. The van der Waals surface area contributed by atoms with Crippen LogP contribution in [0.25, 0.3) is 11.3 Å². The summed E-state index contributed by atoms with van der Waals surface area (Å²) in [5.41, 5.74) is 1.88. The van der Waals surface area contributed by atoms with Gasteiger partial charge in [-0.2, -0.15) is 5.10 Å². The topological polar surface area (TPSA) is 83.8 Å². The highest BCUT2D eigenvalue weighted by Gasteiger charge is 2.20. The van der Waals surface area contributed by atoms with Crippen LogP contribution in [0.3, 0.4) is 0 Å². The number of benzene rings is 1. The molecule has 1 N–H and O–H groups in total. The zero-order valence-electron chi connectivity index (χ0n) is 17.3. The molecule has 1 aliphatic heterocycles. The number of hydrogen-bond donors (Lipinski definition) is 1. The SMILES string of the molecule is COc1ccc(-c2ccnn2CCOC(=O)NC2CCCC2)cc1O[C@@H]1CCOC1. The van der Waals surface area contributed by atoms with E-state index in [1.807, 2.05) is 28.9 Å². The molecule has 1 aromatic heterocycles. The van der Waals surface area contributed by atoms with Gasteiger partial charge in [0.05, 0.1) is 32.6 Å². The number of rotatable bonds is 8. The number of ether oxygens (including phenoxy) is 4. The van der Waals surface area contributed by atoms with Crippen molar-refractivity contribution in [2.24, 2.45) is 0 Å². The smallest absolute Gasteiger partial charge is 0.407 e. The van der Waals surface area contributed by atoms with E-state index in [1.165, 1.54) is 12.8 Å². The Bertz CT molecular complexity index is 841. The lowest BCUT2D eigenvalue weighted by molar-refractivity contribution is 0.137. The minimum Gasteiger partial charge on any atom is -0.493 e. The molecule has 1 amide bonds. The molecule has 2 aliphatic rings. The molecule has 30 heavy (non-hydrogen) atoms. The molecule has 8 heteroatoms. The second kappa shape index (κ2) is 9.84. The lowest BCUT2D eigenvalue weighted by Gasteiger charge is -2.16. The summed E-state index contributed by atoms with van der Waals surface area (Å²) in [6.45, 7) is 2.03. The number of carbonyl (C=O) groups excluding carboxylic acids is 1. The highest BCUT2D eigenvalue weighted by molar-refractivity contribution is 5.67. The molecule has 8 nitrogen and oxygen atoms in total. The second-order valence-corrected chi connectivity index (χ2v) is 7.67. The van der Waals surface area contributed by atoms with Crippen LogP contribution in [0, 0.1) is 0 Å². The fourth-order valence-electron chi connectivity index (χ4n) is 3.97. The van der Waals surface area contributed by atoms with E-state index in [9.17, 15) is 4.79 Å². The number of amides is 1. The average molecular weight is 415 g/mol. The molecule has 1 aromatic carbocycles. The van der Waals surface area contributed by atoms with Crippen molar-refractivity contribution in [1.29, 1.82) is 0 Å². The first kappa shape index (κ1) is 20.5. The summed E-state index contributed by atoms with van der Waals surface area (Å²) in [6, 6.07) is 8.00. The minimum atomic E-state index is -0.352. The molecule has 1 saturated heterocycles. The van der Waals surface area contributed by atoms with Gasteiger partial charge in [0.2, 0.25) is 0 Å². The van der Waals surface area contributed by atoms with E-state index >= 15 is 0 Å². The predicted molar refractivity (Wildman–Crippen MR) is 111 cm³/mol. The Morgan fingerprint density at radius 2 is 2.10 bits per heavy atom. The van der Waals surface area contributed by atoms with E-state index in [4.69, 9.17) is 18.9 Å². The Hall–Kier alpha value is -2.74. The third-order valence-electron chi connectivity index (χ3n) is 5.57. The van der Waals surface area contributed by atoms with Gasteiger partial charge in [-0.1, -0.05) is 12.8 Å². The van der Waals surface area contributed by atoms with Crippen LogP contribution in [0.2, 0.25) is 0 Å². The zero-order valence-corrected chi connectivity index (χ0v) is 17.3. The summed E-state index contributed by atoms with van der Waals surface area (Å²) in [6.07, 6.45) is 6.70. The first-order chi connectivity index (χ1) is 14.7. The van der Waals surface area contributed by atoms with Crippen LogP contribution in [0.1, 0.15) is 32.1 Å². The molecule has 1 aliphatic carbocycles. The number of carbonyl (C=O) groups is 1. The van der Waals surface area contributed by atoms with Gasteiger partial charge >= 0.3 is 6.09 Å². The molecule has 2 aromatic rings. The number of alkyl carbamates (subject to hydrolysis) is 1. The van der Waals surface area contributed by atoms with E-state index in [0.717, 1.165) is 30.5 Å². The first-order valence-corrected chi connectivity index (χ1v) is 10.6. The normalized spacial score (nSPS) is 19.0. The van der Waals surface area contributed by atoms with Gasteiger partial charge in [-0.05, 0) is 37.1 Å². The quantitative estimate of drug-likeness (QED) is 0.712. The fourth-order valence-corrected chi connectivity index (χ4v) is 3.97. The Morgan fingerprint density at radius 3 is 2.87 bits per heavy atom. The molecular weight excluding hydrogens is 386 g/mol. The van der Waals surface area contributed by atoms with Crippen LogP contribution in [0.5, 0.6) is 11.5 Å². The lowest BCUT2D eigenvalue weighted by Crippen LogP contribution is -2.33. The maximum atomic E-state index is 12.0. The van der Waals surface area contributed by atoms with Gasteiger partial charge in [0, 0.05) is 24.2 Å². The largest absolute Gasteiger partial charge is 0.493 e. The van der Waals surface area contributed by atoms with Crippen LogP contribution >= 0.6 is 0 Å². The Kier molecular flexibility index (Phi) is 6.74. The summed E-state index contributed by atoms with van der Waals surface area (Å²) >= 11 is 0. The van der Waals surface area contributed by atoms with Crippen molar-refractivity contribution in [3.63, 3.8) is 0 Å². The van der Waals surface area contributed by atoms with Crippen LogP contribution in [-0.2, 0) is 16.0 Å². The highest BCUT2D eigenvalue weighted by Crippen LogP contribution is 2.34. The van der Waals surface area contributed by atoms with Gasteiger partial charge in [-0.3, -0.25) is 4.68 Å². The molecule has 1 atom stereocenters. The maximum Gasteiger partial charge on any atom is 0.407 e. The molecule has 1 saturated carbocycles. The fraction of sp³-hybridized carbons (Fsp3) is 0.545. The average Bonchev–Trinajstić information content (AvgIpc) is 3.51. The van der Waals surface area contributed by atoms with E-state index in [0.29, 0.717) is 31.3 Å². The Labute approximate surface area is 176 Å². The van der Waals surface area contributed by atoms with Crippen molar-refractivity contribution in [2.45, 2.75) is 50.8 Å². The molecule has 2 fully saturated rings. The third kappa shape index (κ3) is 5.05. The van der Waals surface area contributed by atoms with Crippen molar-refractivity contribution in [2.75, 3.05) is 26.9 Å². The van der Waals surface area contributed by atoms with Gasteiger partial charge in [0.25, 0.3) is 0 Å². The molecule has 0 unspecified atom stereocenters. The van der Waals surface area contributed by atoms with Gasteiger partial charge in [0.1, 0.15) is 12.7 Å². The van der Waals surface area contributed by atoms with Crippen LogP contribution in [0.15, 0.2) is 30.5 Å². The lowest BCUT2D eigenvalue weighted by atomic mass is 10.1. The molecule has 4 rings (SSSR count). The summed E-state index contributed by atoms with van der Waals surface area (Å²) in [7, 11) is 1.63. The molecular formula is C22H29N3O5. The molecule has 0 spiro atoms. The summed E-state index contributed by atoms with van der Waals surface area (Å²) in [4.78, 5) is 12.0. The van der Waals surface area contributed by atoms with Crippen molar-refractivity contribution in [3.8, 4) is 22.8 Å². The van der Waals surface area contributed by atoms with Crippen LogP contribution in [0.4, 0.5) is 4.79 Å². The van der Waals surface area contributed by atoms with Crippen molar-refractivity contribution in [1.82, 2.24) is 15.1 Å². The summed E-state index contributed by atoms with van der Waals surface area (Å²) < 4.78 is 24.1. The number of nitrogens with zero attached hydrogens (tertiary/aromatic N) is 2. The number of hydrogen-bond acceptors (Lipinski definition) is 6. The first-order valence-electron chi connectivity index (χ1n) is 10.6. The number of aromatic nitrogens is 2. The molecule has 162 valence electrons. The zero-order chi connectivity index (χ0) is 20.8. The number of methoxy groups -OCH3 is 1. The predicted octanol–water partition coefficient (Wildman–Crippen LogP) is 3.40. The second-order valence-electron chi connectivity index (χ2n) is 7.67. The standard InChI is InChI=1S/C22H29N3O5/c1-27-20-7-6-16(14-21(20)30-18-9-12-28-15-18)19-8-10-23-25(19)11-13-29-22(26)24-17-4-2-3-5-17/h6-8,10,14,17-18H,2-5,9,11-13,15H2,1H3,(H,24,26)/t18-/m1/s1. The molecule has 0 radical (unpaired) electrons. The van der Waals surface area contributed by atoms with E-state index < -0.39 is 0 Å². The van der Waals surface area contributed by atoms with E-state index in [2.05, 4.69) is 10.4 Å². The van der Waals surface area contributed by atoms with Gasteiger partial charge in [-0.25, -0.2) is 4.79 Å². The van der Waals surface area contributed by atoms with Gasteiger partial charge in [-0.15, -0.1) is 0 Å². The highest BCUT2D eigenvalue weighted by atomic mass is 16.6. The van der Waals surface area contributed by atoms with Crippen LogP contribution in [-0.4, -0.2) is 54.9 Å². The van der Waals surface area contributed by atoms with Gasteiger partial charge < -0.3 is 24.3 Å².